The lowest BCUT2D eigenvalue weighted by molar-refractivity contribution is -0.137. The number of nitrogens with two attached hydrogens (primary N) is 1. The Bertz CT molecular complexity index is 557. The van der Waals surface area contributed by atoms with Gasteiger partial charge in [-0.15, -0.1) is 0 Å². The Labute approximate surface area is 116 Å². The Morgan fingerprint density at radius 3 is 2.50 bits per heavy atom. The maximum atomic E-state index is 10.6. The Kier molecular flexibility index (Phi) is 4.62. The number of nitrogens with zero attached hydrogens (tertiary/aromatic N) is 2. The second kappa shape index (κ2) is 6.63. The highest BCUT2D eigenvalue weighted by Crippen LogP contribution is 2.13. The number of aliphatic carboxylic acids is 1. The van der Waals surface area contributed by atoms with Gasteiger partial charge in [-0.25, -0.2) is 9.97 Å². The number of hydrogen-bond acceptors (Lipinski definition) is 5. The smallest absolute Gasteiger partial charge is 0.305 e. The molecule has 1 aromatic heterocycles. The molecule has 6 heteroatoms. The summed E-state index contributed by atoms with van der Waals surface area (Å²) in [4.78, 5) is 18.8. The van der Waals surface area contributed by atoms with E-state index in [1.165, 1.54) is 0 Å². The average Bonchev–Trinajstić information content (AvgIpc) is 2.46. The second-order valence-electron chi connectivity index (χ2n) is 4.38. The normalized spacial score (nSPS) is 11.8. The molecule has 20 heavy (non-hydrogen) atoms. The summed E-state index contributed by atoms with van der Waals surface area (Å²) in [5.74, 6) is -0.455. The van der Waals surface area contributed by atoms with Gasteiger partial charge in [0.25, 0.3) is 0 Å². The van der Waals surface area contributed by atoms with Crippen molar-refractivity contribution in [3.05, 3.63) is 53.9 Å². The van der Waals surface area contributed by atoms with E-state index in [2.05, 4.69) is 15.3 Å². The fourth-order valence-electron chi connectivity index (χ4n) is 1.70. The Morgan fingerprint density at radius 1 is 1.25 bits per heavy atom. The summed E-state index contributed by atoms with van der Waals surface area (Å²) in [7, 11) is 0. The minimum atomic E-state index is -0.941. The Balaban J connectivity index is 1.93. The average molecular weight is 272 g/mol. The van der Waals surface area contributed by atoms with Crippen molar-refractivity contribution in [3.8, 4) is 0 Å². The molecule has 0 fully saturated rings. The third-order valence-corrected chi connectivity index (χ3v) is 2.79. The first-order valence-corrected chi connectivity index (χ1v) is 6.22. The van der Waals surface area contributed by atoms with Crippen molar-refractivity contribution in [3.63, 3.8) is 0 Å². The summed E-state index contributed by atoms with van der Waals surface area (Å²) in [6.45, 7) is 0.626. The van der Waals surface area contributed by atoms with Gasteiger partial charge in [-0.3, -0.25) is 4.79 Å². The first-order chi connectivity index (χ1) is 9.65. The minimum Gasteiger partial charge on any atom is -0.481 e. The highest BCUT2D eigenvalue weighted by Gasteiger charge is 2.11. The summed E-state index contributed by atoms with van der Waals surface area (Å²) in [6, 6.07) is 9.31. The zero-order chi connectivity index (χ0) is 14.4. The second-order valence-corrected chi connectivity index (χ2v) is 4.38. The van der Waals surface area contributed by atoms with Crippen LogP contribution >= 0.6 is 0 Å². The van der Waals surface area contributed by atoms with E-state index in [4.69, 9.17) is 10.8 Å². The van der Waals surface area contributed by atoms with E-state index in [1.54, 1.807) is 12.4 Å². The molecular formula is C14H16N4O2. The molecule has 4 N–H and O–H groups in total. The number of benzene rings is 1. The molecule has 0 spiro atoms. The van der Waals surface area contributed by atoms with Crippen LogP contribution in [0, 0.1) is 0 Å². The van der Waals surface area contributed by atoms with Gasteiger partial charge in [0.15, 0.2) is 0 Å². The van der Waals surface area contributed by atoms with Crippen LogP contribution in [0.3, 0.4) is 0 Å². The zero-order valence-electron chi connectivity index (χ0n) is 10.9. The zero-order valence-corrected chi connectivity index (χ0v) is 10.9. The van der Waals surface area contributed by atoms with Crippen LogP contribution in [0.2, 0.25) is 0 Å². The maximum absolute atomic E-state index is 10.6. The van der Waals surface area contributed by atoms with Gasteiger partial charge in [0.05, 0.1) is 6.42 Å². The summed E-state index contributed by atoms with van der Waals surface area (Å²) in [6.07, 6.45) is 2.96. The quantitative estimate of drug-likeness (QED) is 0.737. The van der Waals surface area contributed by atoms with Crippen LogP contribution in [0.25, 0.3) is 0 Å². The van der Waals surface area contributed by atoms with Gasteiger partial charge in [0.1, 0.15) is 0 Å². The topological polar surface area (TPSA) is 101 Å². The van der Waals surface area contributed by atoms with E-state index in [1.807, 2.05) is 30.3 Å². The molecule has 0 aliphatic carbocycles. The van der Waals surface area contributed by atoms with Crippen molar-refractivity contribution in [1.82, 2.24) is 9.97 Å². The molecule has 0 aliphatic heterocycles. The molecule has 6 nitrogen and oxygen atoms in total. The van der Waals surface area contributed by atoms with Crippen molar-refractivity contribution in [1.29, 1.82) is 0 Å². The summed E-state index contributed by atoms with van der Waals surface area (Å²) < 4.78 is 0. The highest BCUT2D eigenvalue weighted by atomic mass is 16.4. The van der Waals surface area contributed by atoms with Gasteiger partial charge in [0, 0.05) is 30.5 Å². The molecule has 0 saturated carbocycles. The van der Waals surface area contributed by atoms with Gasteiger partial charge in [-0.05, 0) is 5.56 Å². The predicted molar refractivity (Wildman–Crippen MR) is 75.0 cm³/mol. The van der Waals surface area contributed by atoms with E-state index < -0.39 is 12.0 Å². The lowest BCUT2D eigenvalue weighted by atomic mass is 10.1. The molecule has 0 unspecified atom stereocenters. The molecule has 2 rings (SSSR count). The number of aromatic nitrogens is 2. The van der Waals surface area contributed by atoms with E-state index >= 15 is 0 Å². The number of carbonyl (C=O) groups is 1. The fraction of sp³-hybridized carbons (Fsp3) is 0.214. The van der Waals surface area contributed by atoms with Crippen molar-refractivity contribution >= 4 is 11.9 Å². The molecule has 1 aromatic carbocycles. The number of anilines is 1. The lowest BCUT2D eigenvalue weighted by Crippen LogP contribution is -2.16. The molecule has 2 aromatic rings. The third kappa shape index (κ3) is 4.03. The van der Waals surface area contributed by atoms with Gasteiger partial charge < -0.3 is 16.2 Å². The van der Waals surface area contributed by atoms with Gasteiger partial charge in [0.2, 0.25) is 5.95 Å². The summed E-state index contributed by atoms with van der Waals surface area (Å²) in [5, 5.41) is 11.8. The van der Waals surface area contributed by atoms with Gasteiger partial charge in [-0.2, -0.15) is 0 Å². The molecule has 1 heterocycles. The SMILES string of the molecule is N[C@@H](CC(=O)O)c1cnc(NCc2ccccc2)nc1. The Morgan fingerprint density at radius 2 is 1.90 bits per heavy atom. The van der Waals surface area contributed by atoms with E-state index in [0.29, 0.717) is 18.1 Å². The molecule has 104 valence electrons. The molecule has 0 amide bonds. The van der Waals surface area contributed by atoms with Crippen LogP contribution < -0.4 is 11.1 Å². The first-order valence-electron chi connectivity index (χ1n) is 6.22. The number of hydrogen-bond donors (Lipinski definition) is 3. The minimum absolute atomic E-state index is 0.139. The molecular weight excluding hydrogens is 256 g/mol. The molecule has 0 aliphatic rings. The van der Waals surface area contributed by atoms with Crippen LogP contribution in [0.5, 0.6) is 0 Å². The Hall–Kier alpha value is -2.47. The molecule has 0 saturated heterocycles. The van der Waals surface area contributed by atoms with Crippen LogP contribution in [0.4, 0.5) is 5.95 Å². The maximum Gasteiger partial charge on any atom is 0.305 e. The van der Waals surface area contributed by atoms with Crippen molar-refractivity contribution in [2.45, 2.75) is 19.0 Å². The predicted octanol–water partition coefficient (Wildman–Crippen LogP) is 1.56. The third-order valence-electron chi connectivity index (χ3n) is 2.79. The van der Waals surface area contributed by atoms with Crippen molar-refractivity contribution in [2.24, 2.45) is 5.73 Å². The number of nitrogens with one attached hydrogen (secondary N) is 1. The van der Waals surface area contributed by atoms with E-state index in [0.717, 1.165) is 5.56 Å². The van der Waals surface area contributed by atoms with E-state index in [-0.39, 0.29) is 6.42 Å². The van der Waals surface area contributed by atoms with Crippen LogP contribution in [0.1, 0.15) is 23.6 Å². The molecule has 0 bridgehead atoms. The first kappa shape index (κ1) is 14.0. The van der Waals surface area contributed by atoms with Gasteiger partial charge in [-0.1, -0.05) is 30.3 Å². The van der Waals surface area contributed by atoms with E-state index in [9.17, 15) is 4.79 Å². The van der Waals surface area contributed by atoms with Gasteiger partial charge >= 0.3 is 5.97 Å². The van der Waals surface area contributed by atoms with Crippen LogP contribution in [0.15, 0.2) is 42.7 Å². The number of rotatable bonds is 6. The fourth-order valence-corrected chi connectivity index (χ4v) is 1.70. The lowest BCUT2D eigenvalue weighted by Gasteiger charge is -2.09. The standard InChI is InChI=1S/C14H16N4O2/c15-12(6-13(19)20)11-8-17-14(18-9-11)16-7-10-4-2-1-3-5-10/h1-5,8-9,12H,6-7,15H2,(H,19,20)(H,16,17,18)/t12-/m0/s1. The van der Waals surface area contributed by atoms with Crippen LogP contribution in [-0.4, -0.2) is 21.0 Å². The monoisotopic (exact) mass is 272 g/mol. The summed E-state index contributed by atoms with van der Waals surface area (Å²) >= 11 is 0. The molecule has 0 radical (unpaired) electrons. The largest absolute Gasteiger partial charge is 0.481 e. The van der Waals surface area contributed by atoms with Crippen molar-refractivity contribution in [2.75, 3.05) is 5.32 Å². The summed E-state index contributed by atoms with van der Waals surface area (Å²) in [5.41, 5.74) is 7.47. The number of carboxylic acids is 1. The number of carboxylic acid groups (broad SMARTS) is 1. The highest BCUT2D eigenvalue weighted by molar-refractivity contribution is 5.67. The molecule has 1 atom stereocenters. The van der Waals surface area contributed by atoms with Crippen LogP contribution in [-0.2, 0) is 11.3 Å². The van der Waals surface area contributed by atoms with Crippen molar-refractivity contribution < 1.29 is 9.90 Å².